The van der Waals surface area contributed by atoms with Crippen LogP contribution in [0.15, 0.2) is 24.3 Å². The highest BCUT2D eigenvalue weighted by Gasteiger charge is 2.12. The van der Waals surface area contributed by atoms with Crippen molar-refractivity contribution in [2.24, 2.45) is 0 Å². The number of carbonyl (C=O) groups is 1. The monoisotopic (exact) mass is 245 g/mol. The van der Waals surface area contributed by atoms with Gasteiger partial charge in [0.25, 0.3) is 0 Å². The quantitative estimate of drug-likeness (QED) is 0.798. The Kier molecular flexibility index (Phi) is 4.73. The molecule has 0 radical (unpaired) electrons. The van der Waals surface area contributed by atoms with Crippen molar-refractivity contribution >= 4 is 11.6 Å². The van der Waals surface area contributed by atoms with E-state index in [2.05, 4.69) is 43.5 Å². The molecule has 0 bridgehead atoms. The first-order valence-electron chi connectivity index (χ1n) is 5.91. The molecule has 1 aromatic rings. The van der Waals surface area contributed by atoms with Crippen molar-refractivity contribution in [1.29, 1.82) is 5.26 Å². The summed E-state index contributed by atoms with van der Waals surface area (Å²) < 4.78 is 0. The number of rotatable bonds is 4. The first kappa shape index (κ1) is 14.0. The Balaban J connectivity index is 2.50. The third-order valence-corrected chi connectivity index (χ3v) is 2.57. The lowest BCUT2D eigenvalue weighted by atomic mass is 9.87. The Hall–Kier alpha value is -2.02. The van der Waals surface area contributed by atoms with Crippen LogP contribution in [0.3, 0.4) is 0 Å². The Morgan fingerprint density at radius 2 is 1.89 bits per heavy atom. The Morgan fingerprint density at radius 3 is 2.39 bits per heavy atom. The second-order valence-corrected chi connectivity index (χ2v) is 5.12. The fourth-order valence-electron chi connectivity index (χ4n) is 1.47. The van der Waals surface area contributed by atoms with E-state index in [1.165, 1.54) is 5.56 Å². The van der Waals surface area contributed by atoms with E-state index in [1.807, 2.05) is 18.2 Å². The molecule has 0 atom stereocenters. The molecule has 0 fully saturated rings. The van der Waals surface area contributed by atoms with Crippen molar-refractivity contribution in [3.63, 3.8) is 0 Å². The molecule has 4 nitrogen and oxygen atoms in total. The van der Waals surface area contributed by atoms with Crippen LogP contribution >= 0.6 is 0 Å². The van der Waals surface area contributed by atoms with Gasteiger partial charge in [-0.15, -0.1) is 0 Å². The molecular formula is C14H19N3O. The van der Waals surface area contributed by atoms with Crippen LogP contribution in [0.25, 0.3) is 0 Å². The maximum Gasteiger partial charge on any atom is 0.240 e. The van der Waals surface area contributed by atoms with Gasteiger partial charge in [-0.25, -0.2) is 0 Å². The summed E-state index contributed by atoms with van der Waals surface area (Å²) in [6.45, 7) is 6.69. The number of nitrogens with zero attached hydrogens (tertiary/aromatic N) is 1. The number of amides is 1. The van der Waals surface area contributed by atoms with Gasteiger partial charge < -0.3 is 10.6 Å². The third-order valence-electron chi connectivity index (χ3n) is 2.57. The molecule has 1 amide bonds. The zero-order valence-corrected chi connectivity index (χ0v) is 11.1. The number of hydrogen-bond acceptors (Lipinski definition) is 3. The van der Waals surface area contributed by atoms with Gasteiger partial charge in [0, 0.05) is 5.69 Å². The minimum Gasteiger partial charge on any atom is -0.376 e. The SMILES string of the molecule is CC(C)(C)c1ccc(NCC(=O)NCC#N)cc1. The van der Waals surface area contributed by atoms with E-state index in [4.69, 9.17) is 5.26 Å². The van der Waals surface area contributed by atoms with Crippen LogP contribution in [0.4, 0.5) is 5.69 Å². The van der Waals surface area contributed by atoms with Crippen molar-refractivity contribution in [2.45, 2.75) is 26.2 Å². The van der Waals surface area contributed by atoms with Gasteiger partial charge in [-0.2, -0.15) is 5.26 Å². The molecule has 4 heteroatoms. The van der Waals surface area contributed by atoms with Crippen LogP contribution in [0.1, 0.15) is 26.3 Å². The molecule has 0 unspecified atom stereocenters. The average Bonchev–Trinajstić information content (AvgIpc) is 2.33. The zero-order chi connectivity index (χ0) is 13.6. The van der Waals surface area contributed by atoms with E-state index in [1.54, 1.807) is 0 Å². The molecule has 2 N–H and O–H groups in total. The molecule has 0 spiro atoms. The van der Waals surface area contributed by atoms with Crippen LogP contribution in [-0.4, -0.2) is 19.0 Å². The van der Waals surface area contributed by atoms with Crippen molar-refractivity contribution in [1.82, 2.24) is 5.32 Å². The second-order valence-electron chi connectivity index (χ2n) is 5.12. The first-order valence-corrected chi connectivity index (χ1v) is 5.91. The normalized spacial score (nSPS) is 10.6. The van der Waals surface area contributed by atoms with Gasteiger partial charge in [0.2, 0.25) is 5.91 Å². The van der Waals surface area contributed by atoms with Gasteiger partial charge in [0.1, 0.15) is 6.54 Å². The lowest BCUT2D eigenvalue weighted by molar-refractivity contribution is -0.119. The minimum absolute atomic E-state index is 0.0451. The minimum atomic E-state index is -0.184. The predicted octanol–water partition coefficient (Wildman–Crippen LogP) is 2.04. The molecule has 0 aliphatic carbocycles. The molecule has 0 aliphatic rings. The number of hydrogen-bond donors (Lipinski definition) is 2. The molecule has 1 rings (SSSR count). The van der Waals surface area contributed by atoms with E-state index in [-0.39, 0.29) is 24.4 Å². The summed E-state index contributed by atoms with van der Waals surface area (Å²) in [5.41, 5.74) is 2.28. The number of nitriles is 1. The topological polar surface area (TPSA) is 64.9 Å². The Bertz CT molecular complexity index is 438. The highest BCUT2D eigenvalue weighted by Crippen LogP contribution is 2.23. The van der Waals surface area contributed by atoms with Crippen molar-refractivity contribution in [3.8, 4) is 6.07 Å². The van der Waals surface area contributed by atoms with E-state index in [9.17, 15) is 4.79 Å². The fraction of sp³-hybridized carbons (Fsp3) is 0.429. The standard InChI is InChI=1S/C14H19N3O/c1-14(2,3)11-4-6-12(7-5-11)17-10-13(18)16-9-8-15/h4-7,17H,9-10H2,1-3H3,(H,16,18). The van der Waals surface area contributed by atoms with Gasteiger partial charge in [-0.1, -0.05) is 32.9 Å². The number of benzene rings is 1. The van der Waals surface area contributed by atoms with E-state index in [0.717, 1.165) is 5.69 Å². The summed E-state index contributed by atoms with van der Waals surface area (Å²) in [5.74, 6) is -0.184. The van der Waals surface area contributed by atoms with Crippen LogP contribution in [0.5, 0.6) is 0 Å². The summed E-state index contributed by atoms with van der Waals surface area (Å²) >= 11 is 0. The summed E-state index contributed by atoms with van der Waals surface area (Å²) in [5, 5.41) is 13.8. The number of nitrogens with one attached hydrogen (secondary N) is 2. The third kappa shape index (κ3) is 4.46. The molecule has 96 valence electrons. The van der Waals surface area contributed by atoms with E-state index in [0.29, 0.717) is 0 Å². The summed E-state index contributed by atoms with van der Waals surface area (Å²) in [6, 6.07) is 9.88. The molecular weight excluding hydrogens is 226 g/mol. The van der Waals surface area contributed by atoms with Crippen molar-refractivity contribution < 1.29 is 4.79 Å². The molecule has 0 aromatic heterocycles. The number of anilines is 1. The van der Waals surface area contributed by atoms with Gasteiger partial charge in [0.15, 0.2) is 0 Å². The van der Waals surface area contributed by atoms with E-state index < -0.39 is 0 Å². The van der Waals surface area contributed by atoms with Gasteiger partial charge in [0.05, 0.1) is 12.6 Å². The molecule has 18 heavy (non-hydrogen) atoms. The molecule has 1 aromatic carbocycles. The average molecular weight is 245 g/mol. The highest BCUT2D eigenvalue weighted by molar-refractivity contribution is 5.80. The molecule has 0 heterocycles. The molecule has 0 saturated heterocycles. The maximum atomic E-state index is 11.3. The van der Waals surface area contributed by atoms with Crippen LogP contribution < -0.4 is 10.6 Å². The lowest BCUT2D eigenvalue weighted by Crippen LogP contribution is -2.29. The van der Waals surface area contributed by atoms with Gasteiger partial charge in [-0.05, 0) is 23.1 Å². The van der Waals surface area contributed by atoms with Gasteiger partial charge in [-0.3, -0.25) is 4.79 Å². The van der Waals surface area contributed by atoms with Crippen molar-refractivity contribution in [3.05, 3.63) is 29.8 Å². The van der Waals surface area contributed by atoms with Crippen LogP contribution in [-0.2, 0) is 10.2 Å². The maximum absolute atomic E-state index is 11.3. The Morgan fingerprint density at radius 1 is 1.28 bits per heavy atom. The first-order chi connectivity index (χ1) is 8.43. The summed E-state index contributed by atoms with van der Waals surface area (Å²) in [6.07, 6.45) is 0. The van der Waals surface area contributed by atoms with E-state index >= 15 is 0 Å². The largest absolute Gasteiger partial charge is 0.376 e. The predicted molar refractivity (Wildman–Crippen MR) is 72.3 cm³/mol. The van der Waals surface area contributed by atoms with Crippen LogP contribution in [0, 0.1) is 11.3 Å². The Labute approximate surface area is 108 Å². The summed E-state index contributed by atoms with van der Waals surface area (Å²) in [7, 11) is 0. The molecule has 0 saturated carbocycles. The second kappa shape index (κ2) is 6.06. The summed E-state index contributed by atoms with van der Waals surface area (Å²) in [4.78, 5) is 11.3. The molecule has 0 aliphatic heterocycles. The smallest absolute Gasteiger partial charge is 0.240 e. The van der Waals surface area contributed by atoms with Crippen molar-refractivity contribution in [2.75, 3.05) is 18.4 Å². The lowest BCUT2D eigenvalue weighted by Gasteiger charge is -2.19. The highest BCUT2D eigenvalue weighted by atomic mass is 16.1. The number of carbonyl (C=O) groups excluding carboxylic acids is 1. The fourth-order valence-corrected chi connectivity index (χ4v) is 1.47. The zero-order valence-electron chi connectivity index (χ0n) is 11.1. The van der Waals surface area contributed by atoms with Gasteiger partial charge >= 0.3 is 0 Å². The van der Waals surface area contributed by atoms with Crippen LogP contribution in [0.2, 0.25) is 0 Å².